The van der Waals surface area contributed by atoms with Crippen LogP contribution in [0.1, 0.15) is 47.5 Å². The highest BCUT2D eigenvalue weighted by Crippen LogP contribution is 2.09. The molecular weight excluding hydrogens is 318 g/mol. The van der Waals surface area contributed by atoms with Gasteiger partial charge in [-0.05, 0) is 32.5 Å². The summed E-state index contributed by atoms with van der Waals surface area (Å²) in [5, 5.41) is 6.34. The number of carbonyl (C=O) groups is 1. The van der Waals surface area contributed by atoms with Gasteiger partial charge in [0, 0.05) is 25.0 Å². The molecule has 0 aromatic carbocycles. The fourth-order valence-electron chi connectivity index (χ4n) is 2.62. The summed E-state index contributed by atoms with van der Waals surface area (Å²) in [4.78, 5) is 13.8. The largest absolute Gasteiger partial charge is 0.378 e. The van der Waals surface area contributed by atoms with Gasteiger partial charge in [-0.2, -0.15) is 0 Å². The summed E-state index contributed by atoms with van der Waals surface area (Å²) < 4.78 is 11.0. The zero-order chi connectivity index (χ0) is 18.9. The highest BCUT2D eigenvalue weighted by atomic mass is 16.5. The molecule has 1 heterocycles. The van der Waals surface area contributed by atoms with Crippen LogP contribution in [-0.4, -0.2) is 76.0 Å². The molecule has 6 nitrogen and oxygen atoms in total. The molecule has 1 aliphatic rings. The van der Waals surface area contributed by atoms with E-state index in [1.54, 1.807) is 0 Å². The maximum absolute atomic E-state index is 11.3. The highest BCUT2D eigenvalue weighted by molar-refractivity contribution is 5.77. The van der Waals surface area contributed by atoms with Crippen molar-refractivity contribution in [2.24, 2.45) is 5.92 Å². The van der Waals surface area contributed by atoms with Crippen LogP contribution in [0.4, 0.5) is 0 Å². The minimum absolute atomic E-state index is 0.0288. The van der Waals surface area contributed by atoms with E-state index in [4.69, 9.17) is 9.47 Å². The van der Waals surface area contributed by atoms with E-state index in [2.05, 4.69) is 22.5 Å². The topological polar surface area (TPSA) is 62.8 Å². The summed E-state index contributed by atoms with van der Waals surface area (Å²) in [6.07, 6.45) is 2.47. The molecule has 1 rings (SSSR count). The van der Waals surface area contributed by atoms with Crippen LogP contribution in [0.3, 0.4) is 0 Å². The number of rotatable bonds is 12. The quantitative estimate of drug-likeness (QED) is 0.521. The van der Waals surface area contributed by atoms with Gasteiger partial charge < -0.3 is 25.0 Å². The van der Waals surface area contributed by atoms with E-state index in [9.17, 15) is 4.79 Å². The molecule has 0 atom stereocenters. The molecule has 1 aliphatic heterocycles. The number of carbonyl (C=O) groups excluding carboxylic acids is 1. The van der Waals surface area contributed by atoms with Crippen molar-refractivity contribution in [3.8, 4) is 0 Å². The van der Waals surface area contributed by atoms with Crippen LogP contribution in [0.2, 0.25) is 0 Å². The lowest BCUT2D eigenvalue weighted by Gasteiger charge is -2.32. The van der Waals surface area contributed by atoms with Crippen molar-refractivity contribution in [3.63, 3.8) is 0 Å². The number of piperidine rings is 1. The minimum atomic E-state index is 0.0288. The molecule has 0 aliphatic carbocycles. The van der Waals surface area contributed by atoms with Crippen LogP contribution >= 0.6 is 0 Å². The van der Waals surface area contributed by atoms with Crippen molar-refractivity contribution < 1.29 is 14.3 Å². The summed E-state index contributed by atoms with van der Waals surface area (Å²) in [5.41, 5.74) is 0. The maximum atomic E-state index is 11.3. The molecule has 0 spiro atoms. The molecule has 2 N–H and O–H groups in total. The lowest BCUT2D eigenvalue weighted by molar-refractivity contribution is -0.124. The Bertz CT molecular complexity index is 306. The van der Waals surface area contributed by atoms with Crippen molar-refractivity contribution in [1.82, 2.24) is 15.5 Å². The number of hydrogen-bond donors (Lipinski definition) is 2. The molecule has 1 fully saturated rings. The predicted octanol–water partition coefficient (Wildman–Crippen LogP) is 1.89. The molecule has 0 unspecified atom stereocenters. The van der Waals surface area contributed by atoms with Gasteiger partial charge in [0.1, 0.15) is 0 Å². The Morgan fingerprint density at radius 1 is 1.08 bits per heavy atom. The number of likely N-dealkylation sites (tertiary alicyclic amines) is 1. The third-order valence-electron chi connectivity index (χ3n) is 4.07. The van der Waals surface area contributed by atoms with Crippen LogP contribution in [0.5, 0.6) is 0 Å². The van der Waals surface area contributed by atoms with Crippen molar-refractivity contribution in [1.29, 1.82) is 0 Å². The molecule has 0 aromatic rings. The average molecular weight is 360 g/mol. The summed E-state index contributed by atoms with van der Waals surface area (Å²) in [7, 11) is 0. The predicted molar refractivity (Wildman–Crippen MR) is 104 cm³/mol. The van der Waals surface area contributed by atoms with E-state index < -0.39 is 0 Å². The molecule has 1 saturated heterocycles. The Balaban J connectivity index is 0.00000277. The third-order valence-corrected chi connectivity index (χ3v) is 4.07. The molecule has 6 heteroatoms. The highest BCUT2D eigenvalue weighted by Gasteiger charge is 2.17. The second kappa shape index (κ2) is 16.8. The van der Waals surface area contributed by atoms with Gasteiger partial charge in [0.2, 0.25) is 5.91 Å². The number of amides is 1. The van der Waals surface area contributed by atoms with Gasteiger partial charge in [0.15, 0.2) is 0 Å². The Labute approximate surface area is 155 Å². The van der Waals surface area contributed by atoms with Gasteiger partial charge in [-0.25, -0.2) is 0 Å². The van der Waals surface area contributed by atoms with Crippen LogP contribution in [0.15, 0.2) is 0 Å². The third kappa shape index (κ3) is 13.2. The Morgan fingerprint density at radius 3 is 2.24 bits per heavy atom. The van der Waals surface area contributed by atoms with E-state index in [0.29, 0.717) is 32.4 Å². The van der Waals surface area contributed by atoms with E-state index in [-0.39, 0.29) is 11.8 Å². The normalized spacial score (nSPS) is 15.8. The molecular formula is C19H41N3O3. The van der Waals surface area contributed by atoms with Crippen molar-refractivity contribution >= 4 is 5.91 Å². The van der Waals surface area contributed by atoms with E-state index in [1.165, 1.54) is 12.8 Å². The van der Waals surface area contributed by atoms with E-state index >= 15 is 0 Å². The lowest BCUT2D eigenvalue weighted by atomic mass is 10.1. The second-order valence-corrected chi connectivity index (χ2v) is 6.34. The summed E-state index contributed by atoms with van der Waals surface area (Å²) >= 11 is 0. The fourth-order valence-corrected chi connectivity index (χ4v) is 2.62. The molecule has 0 aromatic heterocycles. The monoisotopic (exact) mass is 359 g/mol. The van der Waals surface area contributed by atoms with E-state index in [0.717, 1.165) is 32.8 Å². The summed E-state index contributed by atoms with van der Waals surface area (Å²) in [6, 6.07) is 0.696. The molecule has 25 heavy (non-hydrogen) atoms. The van der Waals surface area contributed by atoms with Gasteiger partial charge >= 0.3 is 0 Å². The Morgan fingerprint density at radius 2 is 1.68 bits per heavy atom. The number of nitrogens with zero attached hydrogens (tertiary/aromatic N) is 1. The lowest BCUT2D eigenvalue weighted by Crippen LogP contribution is -2.43. The van der Waals surface area contributed by atoms with Gasteiger partial charge in [0.05, 0.1) is 26.4 Å². The van der Waals surface area contributed by atoms with Gasteiger partial charge in [-0.15, -0.1) is 0 Å². The smallest absolute Gasteiger partial charge is 0.222 e. The first-order valence-electron chi connectivity index (χ1n) is 10.0. The van der Waals surface area contributed by atoms with Gasteiger partial charge in [0.25, 0.3) is 0 Å². The first kappa shape index (κ1) is 24.3. The van der Waals surface area contributed by atoms with Crippen LogP contribution in [0, 0.1) is 5.92 Å². The fraction of sp³-hybridized carbons (Fsp3) is 0.947. The van der Waals surface area contributed by atoms with Crippen LogP contribution < -0.4 is 10.6 Å². The van der Waals surface area contributed by atoms with Crippen LogP contribution in [-0.2, 0) is 14.3 Å². The number of hydrogen-bond acceptors (Lipinski definition) is 5. The number of nitrogens with one attached hydrogen (secondary N) is 2. The van der Waals surface area contributed by atoms with Crippen LogP contribution in [0.25, 0.3) is 0 Å². The average Bonchev–Trinajstić information content (AvgIpc) is 2.63. The van der Waals surface area contributed by atoms with Crippen molar-refractivity contribution in [3.05, 3.63) is 0 Å². The van der Waals surface area contributed by atoms with Gasteiger partial charge in [-0.1, -0.05) is 34.6 Å². The zero-order valence-electron chi connectivity index (χ0n) is 17.1. The van der Waals surface area contributed by atoms with Gasteiger partial charge in [-0.3, -0.25) is 4.79 Å². The second-order valence-electron chi connectivity index (χ2n) is 6.34. The Kier molecular flexibility index (Phi) is 16.3. The summed E-state index contributed by atoms with van der Waals surface area (Å²) in [5.74, 6) is 0.101. The minimum Gasteiger partial charge on any atom is -0.378 e. The SMILES string of the molecule is CC.CCNC1CCN(CCOCCOCCNC(=O)C(C)C)CC1. The first-order valence-corrected chi connectivity index (χ1v) is 10.0. The standard InChI is InChI=1S/C17H35N3O3.C2H6/c1-4-18-16-5-8-20(9-6-16)10-12-23-14-13-22-11-7-19-17(21)15(2)3;1-2/h15-16,18H,4-14H2,1-3H3,(H,19,21);1-2H3. The van der Waals surface area contributed by atoms with Crippen molar-refractivity contribution in [2.75, 3.05) is 59.2 Å². The number of ether oxygens (including phenoxy) is 2. The summed E-state index contributed by atoms with van der Waals surface area (Å²) in [6.45, 7) is 17.4. The van der Waals surface area contributed by atoms with Crippen molar-refractivity contribution in [2.45, 2.75) is 53.5 Å². The maximum Gasteiger partial charge on any atom is 0.222 e. The Hall–Kier alpha value is -0.690. The van der Waals surface area contributed by atoms with E-state index in [1.807, 2.05) is 27.7 Å². The first-order chi connectivity index (χ1) is 12.1. The molecule has 0 bridgehead atoms. The molecule has 150 valence electrons. The molecule has 0 saturated carbocycles. The molecule has 0 radical (unpaired) electrons. The zero-order valence-corrected chi connectivity index (χ0v) is 17.1. The molecule has 1 amide bonds.